The Balaban J connectivity index is 2.21. The highest BCUT2D eigenvalue weighted by Gasteiger charge is 2.13. The molecular weight excluding hydrogens is 273 g/mol. The van der Waals surface area contributed by atoms with Crippen LogP contribution in [0, 0.1) is 12.7 Å². The van der Waals surface area contributed by atoms with Gasteiger partial charge in [-0.3, -0.25) is 9.59 Å². The lowest BCUT2D eigenvalue weighted by molar-refractivity contribution is -0.114. The number of carbonyl (C=O) groups is 2. The lowest BCUT2D eigenvalue weighted by Gasteiger charge is -2.08. The molecule has 6 heteroatoms. The molecule has 0 bridgehead atoms. The molecule has 2 amide bonds. The molecule has 2 rings (SSSR count). The monoisotopic (exact) mass is 287 g/mol. The molecule has 1 aromatic heterocycles. The van der Waals surface area contributed by atoms with E-state index in [9.17, 15) is 14.0 Å². The van der Waals surface area contributed by atoms with Crippen LogP contribution in [0.3, 0.4) is 0 Å². The summed E-state index contributed by atoms with van der Waals surface area (Å²) in [5, 5.41) is 5.00. The second-order valence-electron chi connectivity index (χ2n) is 4.55. The number of hydrogen-bond donors (Lipinski definition) is 2. The van der Waals surface area contributed by atoms with Crippen LogP contribution in [-0.4, -0.2) is 16.8 Å². The molecule has 5 nitrogen and oxygen atoms in total. The molecule has 0 aliphatic rings. The van der Waals surface area contributed by atoms with Gasteiger partial charge in [0.2, 0.25) is 5.91 Å². The summed E-state index contributed by atoms with van der Waals surface area (Å²) >= 11 is 0. The quantitative estimate of drug-likeness (QED) is 0.911. The Morgan fingerprint density at radius 1 is 1.14 bits per heavy atom. The Kier molecular flexibility index (Phi) is 4.27. The van der Waals surface area contributed by atoms with Gasteiger partial charge >= 0.3 is 0 Å². The average molecular weight is 287 g/mol. The van der Waals surface area contributed by atoms with Crippen LogP contribution in [0.1, 0.15) is 22.8 Å². The Hall–Kier alpha value is -2.76. The summed E-state index contributed by atoms with van der Waals surface area (Å²) in [5.41, 5.74) is 1.14. The van der Waals surface area contributed by atoms with Gasteiger partial charge in [-0.05, 0) is 36.8 Å². The molecule has 0 saturated heterocycles. The van der Waals surface area contributed by atoms with Crippen LogP contribution < -0.4 is 10.6 Å². The predicted molar refractivity (Wildman–Crippen MR) is 77.6 cm³/mol. The van der Waals surface area contributed by atoms with Crippen LogP contribution in [0.5, 0.6) is 0 Å². The third-order valence-corrected chi connectivity index (χ3v) is 2.68. The number of amides is 2. The number of pyridine rings is 1. The Morgan fingerprint density at radius 3 is 2.52 bits per heavy atom. The zero-order valence-electron chi connectivity index (χ0n) is 11.6. The van der Waals surface area contributed by atoms with E-state index in [0.29, 0.717) is 11.5 Å². The molecular formula is C15H14FN3O2. The topological polar surface area (TPSA) is 71.1 Å². The third kappa shape index (κ3) is 3.85. The van der Waals surface area contributed by atoms with Crippen LogP contribution >= 0.6 is 0 Å². The van der Waals surface area contributed by atoms with Crippen molar-refractivity contribution in [2.75, 3.05) is 10.6 Å². The van der Waals surface area contributed by atoms with Crippen molar-refractivity contribution < 1.29 is 14.0 Å². The summed E-state index contributed by atoms with van der Waals surface area (Å²) < 4.78 is 13.7. The van der Waals surface area contributed by atoms with Crippen molar-refractivity contribution in [3.63, 3.8) is 0 Å². The second kappa shape index (κ2) is 6.13. The van der Waals surface area contributed by atoms with Crippen LogP contribution in [-0.2, 0) is 4.79 Å². The zero-order chi connectivity index (χ0) is 15.4. The first-order valence-corrected chi connectivity index (χ1v) is 6.27. The lowest BCUT2D eigenvalue weighted by Crippen LogP contribution is -2.15. The lowest BCUT2D eigenvalue weighted by atomic mass is 10.1. The van der Waals surface area contributed by atoms with Gasteiger partial charge in [0.25, 0.3) is 5.91 Å². The van der Waals surface area contributed by atoms with E-state index in [0.717, 1.165) is 11.6 Å². The van der Waals surface area contributed by atoms with E-state index < -0.39 is 11.7 Å². The van der Waals surface area contributed by atoms with Gasteiger partial charge in [-0.25, -0.2) is 9.37 Å². The van der Waals surface area contributed by atoms with Gasteiger partial charge in [0.15, 0.2) is 0 Å². The number of hydrogen-bond acceptors (Lipinski definition) is 3. The maximum atomic E-state index is 13.7. The molecule has 21 heavy (non-hydrogen) atoms. The molecule has 0 aliphatic carbocycles. The minimum absolute atomic E-state index is 0.163. The van der Waals surface area contributed by atoms with E-state index in [1.165, 1.54) is 19.1 Å². The Bertz CT molecular complexity index is 684. The third-order valence-electron chi connectivity index (χ3n) is 2.68. The van der Waals surface area contributed by atoms with Gasteiger partial charge in [0.1, 0.15) is 11.6 Å². The van der Waals surface area contributed by atoms with Crippen molar-refractivity contribution in [3.8, 4) is 0 Å². The van der Waals surface area contributed by atoms with Crippen molar-refractivity contribution in [3.05, 3.63) is 53.5 Å². The van der Waals surface area contributed by atoms with Crippen LogP contribution in [0.4, 0.5) is 15.9 Å². The van der Waals surface area contributed by atoms with Gasteiger partial charge < -0.3 is 10.6 Å². The molecule has 0 unspecified atom stereocenters. The molecule has 1 heterocycles. The smallest absolute Gasteiger partial charge is 0.259 e. The fourth-order valence-electron chi connectivity index (χ4n) is 1.71. The van der Waals surface area contributed by atoms with E-state index in [1.54, 1.807) is 18.3 Å². The number of nitrogens with one attached hydrogen (secondary N) is 2. The summed E-state index contributed by atoms with van der Waals surface area (Å²) in [7, 11) is 0. The van der Waals surface area contributed by atoms with Crippen LogP contribution in [0.25, 0.3) is 0 Å². The van der Waals surface area contributed by atoms with E-state index in [4.69, 9.17) is 0 Å². The number of benzene rings is 1. The van der Waals surface area contributed by atoms with E-state index in [2.05, 4.69) is 15.6 Å². The number of anilines is 2. The summed E-state index contributed by atoms with van der Waals surface area (Å²) in [6, 6.07) is 7.20. The molecule has 0 atom stereocenters. The molecule has 108 valence electrons. The molecule has 0 fully saturated rings. The zero-order valence-corrected chi connectivity index (χ0v) is 11.6. The molecule has 0 saturated carbocycles. The molecule has 2 aromatic rings. The van der Waals surface area contributed by atoms with Crippen molar-refractivity contribution in [2.24, 2.45) is 0 Å². The molecule has 0 aliphatic heterocycles. The van der Waals surface area contributed by atoms with E-state index in [-0.39, 0.29) is 11.5 Å². The molecule has 0 radical (unpaired) electrons. The van der Waals surface area contributed by atoms with Gasteiger partial charge in [-0.15, -0.1) is 0 Å². The first kappa shape index (κ1) is 14.6. The average Bonchev–Trinajstić information content (AvgIpc) is 2.43. The first-order valence-electron chi connectivity index (χ1n) is 6.27. The number of carbonyl (C=O) groups excluding carboxylic acids is 2. The fraction of sp³-hybridized carbons (Fsp3) is 0.133. The second-order valence-corrected chi connectivity index (χ2v) is 4.55. The number of nitrogens with zero attached hydrogens (tertiary/aromatic N) is 1. The van der Waals surface area contributed by atoms with Crippen LogP contribution in [0.2, 0.25) is 0 Å². The highest BCUT2D eigenvalue weighted by Crippen LogP contribution is 2.16. The van der Waals surface area contributed by atoms with Crippen molar-refractivity contribution in [2.45, 2.75) is 13.8 Å². The summed E-state index contributed by atoms with van der Waals surface area (Å²) in [6.07, 6.45) is 1.60. The Morgan fingerprint density at radius 2 is 1.90 bits per heavy atom. The van der Waals surface area contributed by atoms with Crippen molar-refractivity contribution in [1.29, 1.82) is 0 Å². The summed E-state index contributed by atoms with van der Waals surface area (Å²) in [6.45, 7) is 3.20. The minimum Gasteiger partial charge on any atom is -0.326 e. The number of rotatable bonds is 3. The molecule has 2 N–H and O–H groups in total. The van der Waals surface area contributed by atoms with Gasteiger partial charge in [0.05, 0.1) is 5.56 Å². The van der Waals surface area contributed by atoms with Crippen LogP contribution in [0.15, 0.2) is 36.5 Å². The van der Waals surface area contributed by atoms with Crippen molar-refractivity contribution in [1.82, 2.24) is 4.98 Å². The minimum atomic E-state index is -0.672. The SMILES string of the molecule is CC(=O)Nc1ccc(F)c(C(=O)Nc2ccc(C)cn2)c1. The highest BCUT2D eigenvalue weighted by molar-refractivity contribution is 6.05. The normalized spacial score (nSPS) is 10.0. The maximum Gasteiger partial charge on any atom is 0.259 e. The molecule has 0 spiro atoms. The standard InChI is InChI=1S/C15H14FN3O2/c1-9-3-6-14(17-8-9)19-15(21)12-7-11(18-10(2)20)4-5-13(12)16/h3-8H,1-2H3,(H,18,20)(H,17,19,21). The predicted octanol–water partition coefficient (Wildman–Crippen LogP) is 2.74. The fourth-order valence-corrected chi connectivity index (χ4v) is 1.71. The number of halogens is 1. The molecule has 1 aromatic carbocycles. The van der Waals surface area contributed by atoms with E-state index >= 15 is 0 Å². The number of aryl methyl sites for hydroxylation is 1. The number of aromatic nitrogens is 1. The summed E-state index contributed by atoms with van der Waals surface area (Å²) in [4.78, 5) is 27.1. The van der Waals surface area contributed by atoms with Gasteiger partial charge in [0, 0.05) is 18.8 Å². The van der Waals surface area contributed by atoms with E-state index in [1.807, 2.05) is 6.92 Å². The largest absolute Gasteiger partial charge is 0.326 e. The van der Waals surface area contributed by atoms with Gasteiger partial charge in [-0.2, -0.15) is 0 Å². The summed E-state index contributed by atoms with van der Waals surface area (Å²) in [5.74, 6) is -1.27. The Labute approximate surface area is 121 Å². The van der Waals surface area contributed by atoms with Gasteiger partial charge in [-0.1, -0.05) is 6.07 Å². The highest BCUT2D eigenvalue weighted by atomic mass is 19.1. The maximum absolute atomic E-state index is 13.7. The van der Waals surface area contributed by atoms with Crippen molar-refractivity contribution >= 4 is 23.3 Å². The first-order chi connectivity index (χ1) is 9.95.